The average molecular weight is 290 g/mol. The van der Waals surface area contributed by atoms with Gasteiger partial charge in [0.2, 0.25) is 0 Å². The number of nitrogens with one attached hydrogen (secondary N) is 1. The largest absolute Gasteiger partial charge is 0.278 e. The molecule has 0 spiro atoms. The maximum absolute atomic E-state index is 10.7. The molecule has 2 aromatic rings. The summed E-state index contributed by atoms with van der Waals surface area (Å²) >= 11 is 5.91. The van der Waals surface area contributed by atoms with Crippen molar-refractivity contribution in [3.05, 3.63) is 69.2 Å². The lowest BCUT2D eigenvalue weighted by molar-refractivity contribution is -0.384. The van der Waals surface area contributed by atoms with Gasteiger partial charge in [-0.25, -0.2) is 0 Å². The minimum Gasteiger partial charge on any atom is -0.278 e. The third-order valence-electron chi connectivity index (χ3n) is 2.65. The van der Waals surface area contributed by atoms with E-state index < -0.39 is 4.92 Å². The molecule has 0 aromatic heterocycles. The predicted octanol–water partition coefficient (Wildman–Crippen LogP) is 4.08. The summed E-state index contributed by atoms with van der Waals surface area (Å²) in [6, 6.07) is 13.5. The second-order valence-corrected chi connectivity index (χ2v) is 4.56. The van der Waals surface area contributed by atoms with E-state index in [2.05, 4.69) is 10.5 Å². The van der Waals surface area contributed by atoms with Crippen LogP contribution in [-0.4, -0.2) is 10.6 Å². The van der Waals surface area contributed by atoms with E-state index >= 15 is 0 Å². The van der Waals surface area contributed by atoms with E-state index in [9.17, 15) is 10.1 Å². The van der Waals surface area contributed by atoms with Gasteiger partial charge in [-0.05, 0) is 30.7 Å². The average Bonchev–Trinajstić information content (AvgIpc) is 2.45. The van der Waals surface area contributed by atoms with Crippen LogP contribution < -0.4 is 5.43 Å². The Bertz CT molecular complexity index is 671. The van der Waals surface area contributed by atoms with Gasteiger partial charge in [0, 0.05) is 17.2 Å². The number of hydrogen-bond donors (Lipinski definition) is 1. The van der Waals surface area contributed by atoms with Crippen molar-refractivity contribution in [2.24, 2.45) is 5.10 Å². The molecule has 1 N–H and O–H groups in total. The van der Waals surface area contributed by atoms with Crippen molar-refractivity contribution >= 4 is 28.7 Å². The molecule has 0 atom stereocenters. The van der Waals surface area contributed by atoms with Crippen LogP contribution in [0.15, 0.2) is 53.6 Å². The minimum atomic E-state index is -0.446. The van der Waals surface area contributed by atoms with Gasteiger partial charge in [0.15, 0.2) is 0 Å². The van der Waals surface area contributed by atoms with Gasteiger partial charge in [0.1, 0.15) is 0 Å². The molecule has 6 heteroatoms. The Morgan fingerprint density at radius 1 is 1.25 bits per heavy atom. The van der Waals surface area contributed by atoms with Gasteiger partial charge in [-0.2, -0.15) is 5.10 Å². The minimum absolute atomic E-state index is 0.0191. The molecule has 2 aromatic carbocycles. The number of hydrogen-bond acceptors (Lipinski definition) is 4. The zero-order valence-corrected chi connectivity index (χ0v) is 11.5. The molecule has 0 heterocycles. The van der Waals surface area contributed by atoms with Crippen LogP contribution in [0, 0.1) is 10.1 Å². The summed E-state index contributed by atoms with van der Waals surface area (Å²) in [7, 11) is 0. The zero-order valence-electron chi connectivity index (χ0n) is 10.7. The molecule has 0 saturated heterocycles. The predicted molar refractivity (Wildman–Crippen MR) is 80.4 cm³/mol. The summed E-state index contributed by atoms with van der Waals surface area (Å²) in [6.45, 7) is 1.83. The molecule has 0 aliphatic heterocycles. The zero-order chi connectivity index (χ0) is 14.5. The lowest BCUT2D eigenvalue weighted by Gasteiger charge is -2.04. The first-order valence-corrected chi connectivity index (χ1v) is 6.25. The van der Waals surface area contributed by atoms with Crippen molar-refractivity contribution in [2.45, 2.75) is 6.92 Å². The molecule has 0 aliphatic carbocycles. The Hall–Kier alpha value is -2.40. The normalized spacial score (nSPS) is 11.2. The number of halogens is 1. The van der Waals surface area contributed by atoms with Gasteiger partial charge in [-0.3, -0.25) is 15.5 Å². The fourth-order valence-corrected chi connectivity index (χ4v) is 1.81. The van der Waals surface area contributed by atoms with Gasteiger partial charge in [0.05, 0.1) is 16.3 Å². The van der Waals surface area contributed by atoms with Crippen molar-refractivity contribution < 1.29 is 4.92 Å². The number of anilines is 1. The van der Waals surface area contributed by atoms with Gasteiger partial charge in [0.25, 0.3) is 5.69 Å². The van der Waals surface area contributed by atoms with Crippen LogP contribution in [0.2, 0.25) is 5.02 Å². The topological polar surface area (TPSA) is 67.5 Å². The van der Waals surface area contributed by atoms with Crippen LogP contribution >= 0.6 is 11.6 Å². The standard InChI is InChI=1S/C14H12ClN3O2/c1-10(11-4-2-5-12(15)8-11)16-17-13-6-3-7-14(9-13)18(19)20/h2-9,17H,1H3/b16-10-. The SMILES string of the molecule is C/C(=N/Nc1cccc([N+](=O)[O-])c1)c1cccc(Cl)c1. The smallest absolute Gasteiger partial charge is 0.271 e. The lowest BCUT2D eigenvalue weighted by Crippen LogP contribution is -2.00. The number of nitro groups is 1. The summed E-state index contributed by atoms with van der Waals surface area (Å²) in [6.07, 6.45) is 0. The van der Waals surface area contributed by atoms with Gasteiger partial charge < -0.3 is 0 Å². The molecule has 0 fully saturated rings. The van der Waals surface area contributed by atoms with Crippen molar-refractivity contribution in [3.63, 3.8) is 0 Å². The van der Waals surface area contributed by atoms with Crippen LogP contribution in [0.3, 0.4) is 0 Å². The quantitative estimate of drug-likeness (QED) is 0.524. The van der Waals surface area contributed by atoms with E-state index in [4.69, 9.17) is 11.6 Å². The van der Waals surface area contributed by atoms with Crippen molar-refractivity contribution in [1.82, 2.24) is 0 Å². The van der Waals surface area contributed by atoms with Crippen LogP contribution in [0.25, 0.3) is 0 Å². The van der Waals surface area contributed by atoms with Crippen LogP contribution in [0.4, 0.5) is 11.4 Å². The van der Waals surface area contributed by atoms with Gasteiger partial charge >= 0.3 is 0 Å². The third-order valence-corrected chi connectivity index (χ3v) is 2.89. The molecule has 0 radical (unpaired) electrons. The molecule has 0 amide bonds. The van der Waals surface area contributed by atoms with Crippen molar-refractivity contribution in [2.75, 3.05) is 5.43 Å². The Balaban J connectivity index is 2.16. The van der Waals surface area contributed by atoms with E-state index in [1.54, 1.807) is 24.3 Å². The highest BCUT2D eigenvalue weighted by Gasteiger charge is 2.05. The Morgan fingerprint density at radius 3 is 2.70 bits per heavy atom. The summed E-state index contributed by atoms with van der Waals surface area (Å²) in [5.41, 5.74) is 4.99. The van der Waals surface area contributed by atoms with Crippen molar-refractivity contribution in [1.29, 1.82) is 0 Å². The fourth-order valence-electron chi connectivity index (χ4n) is 1.62. The third kappa shape index (κ3) is 3.55. The first kappa shape index (κ1) is 14.0. The summed E-state index contributed by atoms with van der Waals surface area (Å²) < 4.78 is 0. The molecule has 0 saturated carbocycles. The number of rotatable bonds is 4. The molecule has 102 valence electrons. The van der Waals surface area contributed by atoms with E-state index in [1.807, 2.05) is 19.1 Å². The van der Waals surface area contributed by atoms with E-state index in [0.29, 0.717) is 10.7 Å². The number of nitro benzene ring substituents is 1. The Kier molecular flexibility index (Phi) is 4.32. The van der Waals surface area contributed by atoms with Crippen LogP contribution in [0.1, 0.15) is 12.5 Å². The Morgan fingerprint density at radius 2 is 2.00 bits per heavy atom. The van der Waals surface area contributed by atoms with Crippen LogP contribution in [0.5, 0.6) is 0 Å². The summed E-state index contributed by atoms with van der Waals surface area (Å²) in [4.78, 5) is 10.2. The first-order chi connectivity index (χ1) is 9.56. The maximum Gasteiger partial charge on any atom is 0.271 e. The molecule has 5 nitrogen and oxygen atoms in total. The van der Waals surface area contributed by atoms with E-state index in [-0.39, 0.29) is 5.69 Å². The summed E-state index contributed by atoms with van der Waals surface area (Å²) in [5.74, 6) is 0. The number of nitrogens with zero attached hydrogens (tertiary/aromatic N) is 2. The van der Waals surface area contributed by atoms with Crippen molar-refractivity contribution in [3.8, 4) is 0 Å². The maximum atomic E-state index is 10.7. The highest BCUT2D eigenvalue weighted by molar-refractivity contribution is 6.31. The second kappa shape index (κ2) is 6.16. The van der Waals surface area contributed by atoms with E-state index in [1.165, 1.54) is 12.1 Å². The molecule has 0 bridgehead atoms. The molecular weight excluding hydrogens is 278 g/mol. The lowest BCUT2D eigenvalue weighted by atomic mass is 10.1. The molecular formula is C14H12ClN3O2. The molecule has 0 aliphatic rings. The molecule has 2 rings (SSSR count). The fraction of sp³-hybridized carbons (Fsp3) is 0.0714. The Labute approximate surface area is 121 Å². The second-order valence-electron chi connectivity index (χ2n) is 4.13. The first-order valence-electron chi connectivity index (χ1n) is 5.87. The number of hydrazone groups is 1. The van der Waals surface area contributed by atoms with Gasteiger partial charge in [-0.1, -0.05) is 29.8 Å². The molecule has 20 heavy (non-hydrogen) atoms. The number of benzene rings is 2. The highest BCUT2D eigenvalue weighted by atomic mass is 35.5. The monoisotopic (exact) mass is 289 g/mol. The van der Waals surface area contributed by atoms with E-state index in [0.717, 1.165) is 11.3 Å². The summed E-state index contributed by atoms with van der Waals surface area (Å²) in [5, 5.41) is 15.5. The van der Waals surface area contributed by atoms with Crippen LogP contribution in [-0.2, 0) is 0 Å². The highest BCUT2D eigenvalue weighted by Crippen LogP contribution is 2.17. The molecule has 0 unspecified atom stereocenters. The number of non-ortho nitro benzene ring substituents is 1. The van der Waals surface area contributed by atoms with Gasteiger partial charge in [-0.15, -0.1) is 0 Å².